The standard InChI is InChI=1S/C20H29F3N6O4/c1-12(2)29(27-11-13-5-7-14(8-6-13)20(21,22)23)17(31)10-16(30)28(19(25)26)9-3-4-15(24)18(32)33/h5-8,12,15,27H,3-4,9-11,24H2,1-2H3,(H3,25,26)(H,32,33). The third-order valence-electron chi connectivity index (χ3n) is 4.63. The van der Waals surface area contributed by atoms with Gasteiger partial charge in [0.2, 0.25) is 11.8 Å². The molecule has 0 radical (unpaired) electrons. The Balaban J connectivity index is 2.73. The van der Waals surface area contributed by atoms with Gasteiger partial charge in [0.05, 0.1) is 5.56 Å². The summed E-state index contributed by atoms with van der Waals surface area (Å²) in [5.74, 6) is -3.17. The van der Waals surface area contributed by atoms with Gasteiger partial charge in [-0.25, -0.2) is 5.43 Å². The number of nitrogens with two attached hydrogens (primary N) is 2. The van der Waals surface area contributed by atoms with Gasteiger partial charge in [0.25, 0.3) is 0 Å². The van der Waals surface area contributed by atoms with E-state index in [1.807, 2.05) is 0 Å². The molecule has 0 heterocycles. The van der Waals surface area contributed by atoms with Gasteiger partial charge >= 0.3 is 12.1 Å². The summed E-state index contributed by atoms with van der Waals surface area (Å²) in [5.41, 5.74) is 13.3. The average Bonchev–Trinajstić information content (AvgIpc) is 2.70. The number of nitrogens with zero attached hydrogens (tertiary/aromatic N) is 2. The number of carboxylic acid groups (broad SMARTS) is 1. The van der Waals surface area contributed by atoms with Gasteiger partial charge in [0.1, 0.15) is 12.5 Å². The third kappa shape index (κ3) is 9.06. The molecule has 184 valence electrons. The Hall–Kier alpha value is -3.19. The minimum Gasteiger partial charge on any atom is -0.480 e. The van der Waals surface area contributed by atoms with Crippen molar-refractivity contribution in [3.63, 3.8) is 0 Å². The lowest BCUT2D eigenvalue weighted by molar-refractivity contribution is -0.142. The van der Waals surface area contributed by atoms with Gasteiger partial charge in [-0.15, -0.1) is 0 Å². The van der Waals surface area contributed by atoms with Gasteiger partial charge in [0, 0.05) is 19.1 Å². The summed E-state index contributed by atoms with van der Waals surface area (Å²) in [6.45, 7) is 3.32. The zero-order valence-corrected chi connectivity index (χ0v) is 18.4. The number of hydrogen-bond acceptors (Lipinski definition) is 6. The second-order valence-electron chi connectivity index (χ2n) is 7.58. The number of carboxylic acids is 1. The zero-order valence-electron chi connectivity index (χ0n) is 18.4. The molecule has 13 heteroatoms. The maximum Gasteiger partial charge on any atom is 0.416 e. The summed E-state index contributed by atoms with van der Waals surface area (Å²) in [4.78, 5) is 36.8. The first-order chi connectivity index (χ1) is 15.2. The van der Waals surface area contributed by atoms with E-state index in [-0.39, 0.29) is 32.0 Å². The van der Waals surface area contributed by atoms with Gasteiger partial charge < -0.3 is 16.6 Å². The summed E-state index contributed by atoms with van der Waals surface area (Å²) in [7, 11) is 0. The first-order valence-electron chi connectivity index (χ1n) is 10.1. The molecule has 0 saturated carbocycles. The van der Waals surface area contributed by atoms with E-state index in [2.05, 4.69) is 5.43 Å². The molecule has 1 aromatic rings. The molecule has 33 heavy (non-hydrogen) atoms. The zero-order chi connectivity index (χ0) is 25.3. The van der Waals surface area contributed by atoms with E-state index in [4.69, 9.17) is 22.0 Å². The fraction of sp³-hybridized carbons (Fsp3) is 0.500. The monoisotopic (exact) mass is 474 g/mol. The second-order valence-corrected chi connectivity index (χ2v) is 7.58. The number of guanidine groups is 1. The van der Waals surface area contributed by atoms with Gasteiger partial charge in [-0.2, -0.15) is 13.2 Å². The Morgan fingerprint density at radius 2 is 1.73 bits per heavy atom. The molecule has 0 aliphatic heterocycles. The maximum absolute atomic E-state index is 12.7. The number of benzene rings is 1. The van der Waals surface area contributed by atoms with Crippen molar-refractivity contribution in [1.82, 2.24) is 15.3 Å². The van der Waals surface area contributed by atoms with Crippen LogP contribution in [0.2, 0.25) is 0 Å². The number of rotatable bonds is 11. The van der Waals surface area contributed by atoms with E-state index >= 15 is 0 Å². The SMILES string of the molecule is CC(C)N(NCc1ccc(C(F)(F)F)cc1)C(=O)CC(=O)N(CCCC(N)C(=O)O)C(=N)N. The van der Waals surface area contributed by atoms with Crippen LogP contribution in [0.4, 0.5) is 13.2 Å². The topological polar surface area (TPSA) is 166 Å². The Morgan fingerprint density at radius 1 is 1.15 bits per heavy atom. The largest absolute Gasteiger partial charge is 0.480 e. The molecule has 1 aromatic carbocycles. The third-order valence-corrected chi connectivity index (χ3v) is 4.63. The quantitative estimate of drug-likeness (QED) is 0.139. The highest BCUT2D eigenvalue weighted by atomic mass is 19.4. The second kappa shape index (κ2) is 12.2. The fourth-order valence-electron chi connectivity index (χ4n) is 2.83. The van der Waals surface area contributed by atoms with Crippen LogP contribution in [0, 0.1) is 5.41 Å². The van der Waals surface area contributed by atoms with Crippen LogP contribution in [0.15, 0.2) is 24.3 Å². The predicted molar refractivity (Wildman–Crippen MR) is 113 cm³/mol. The Labute approximate surface area is 189 Å². The van der Waals surface area contributed by atoms with Crippen molar-refractivity contribution in [2.75, 3.05) is 6.54 Å². The lowest BCUT2D eigenvalue weighted by Gasteiger charge is -2.28. The number of amides is 2. The molecule has 0 aliphatic rings. The number of alkyl halides is 3. The normalized spacial score (nSPS) is 12.3. The number of carbonyl (C=O) groups is 3. The molecule has 2 amide bonds. The van der Waals surface area contributed by atoms with Crippen molar-refractivity contribution >= 4 is 23.7 Å². The van der Waals surface area contributed by atoms with Crippen LogP contribution in [0.25, 0.3) is 0 Å². The lowest BCUT2D eigenvalue weighted by atomic mass is 10.1. The number of hydrogen-bond donors (Lipinski definition) is 5. The Bertz CT molecular complexity index is 845. The molecule has 0 aromatic heterocycles. The minimum absolute atomic E-state index is 0.0414. The summed E-state index contributed by atoms with van der Waals surface area (Å²) < 4.78 is 38.0. The average molecular weight is 474 g/mol. The van der Waals surface area contributed by atoms with E-state index in [0.29, 0.717) is 5.56 Å². The van der Waals surface area contributed by atoms with Crippen LogP contribution >= 0.6 is 0 Å². The van der Waals surface area contributed by atoms with E-state index in [1.54, 1.807) is 13.8 Å². The minimum atomic E-state index is -4.45. The van der Waals surface area contributed by atoms with Gasteiger partial charge in [-0.3, -0.25) is 29.7 Å². The lowest BCUT2D eigenvalue weighted by Crippen LogP contribution is -2.50. The number of halogens is 3. The van der Waals surface area contributed by atoms with Gasteiger partial charge in [-0.1, -0.05) is 12.1 Å². The van der Waals surface area contributed by atoms with Crippen molar-refractivity contribution < 1.29 is 32.7 Å². The molecule has 1 unspecified atom stereocenters. The smallest absolute Gasteiger partial charge is 0.416 e. The molecule has 7 N–H and O–H groups in total. The summed E-state index contributed by atoms with van der Waals surface area (Å²) in [5, 5.41) is 17.5. The van der Waals surface area contributed by atoms with Crippen LogP contribution in [-0.2, 0) is 27.1 Å². The Kier molecular flexibility index (Phi) is 10.3. The summed E-state index contributed by atoms with van der Waals surface area (Å²) in [6, 6.07) is 2.92. The van der Waals surface area contributed by atoms with Crippen LogP contribution in [0.3, 0.4) is 0 Å². The van der Waals surface area contributed by atoms with E-state index in [9.17, 15) is 27.6 Å². The molecule has 1 rings (SSSR count). The van der Waals surface area contributed by atoms with Gasteiger partial charge in [0.15, 0.2) is 5.96 Å². The molecule has 0 fully saturated rings. The molecule has 1 atom stereocenters. The van der Waals surface area contributed by atoms with Crippen molar-refractivity contribution in [2.45, 2.75) is 57.9 Å². The van der Waals surface area contributed by atoms with E-state index in [1.165, 1.54) is 17.1 Å². The summed E-state index contributed by atoms with van der Waals surface area (Å²) in [6.07, 6.45) is -4.86. The number of nitrogens with one attached hydrogen (secondary N) is 2. The highest BCUT2D eigenvalue weighted by Crippen LogP contribution is 2.29. The number of hydrazine groups is 1. The highest BCUT2D eigenvalue weighted by molar-refractivity contribution is 6.03. The molecule has 10 nitrogen and oxygen atoms in total. The molecule has 0 saturated heterocycles. The molecular formula is C20H29F3N6O4. The highest BCUT2D eigenvalue weighted by Gasteiger charge is 2.30. The molecule has 0 spiro atoms. The van der Waals surface area contributed by atoms with Crippen molar-refractivity contribution in [1.29, 1.82) is 5.41 Å². The molecule has 0 aliphatic carbocycles. The number of aliphatic carboxylic acids is 1. The van der Waals surface area contributed by atoms with Crippen molar-refractivity contribution in [3.05, 3.63) is 35.4 Å². The van der Waals surface area contributed by atoms with Crippen molar-refractivity contribution in [3.8, 4) is 0 Å². The summed E-state index contributed by atoms with van der Waals surface area (Å²) >= 11 is 0. The predicted octanol–water partition coefficient (Wildman–Crippen LogP) is 1.25. The fourth-order valence-corrected chi connectivity index (χ4v) is 2.83. The Morgan fingerprint density at radius 3 is 2.18 bits per heavy atom. The van der Waals surface area contributed by atoms with E-state index < -0.39 is 47.9 Å². The van der Waals surface area contributed by atoms with Crippen molar-refractivity contribution in [2.24, 2.45) is 11.5 Å². The van der Waals surface area contributed by atoms with E-state index in [0.717, 1.165) is 17.0 Å². The van der Waals surface area contributed by atoms with Crippen LogP contribution in [0.5, 0.6) is 0 Å². The molecule has 0 bridgehead atoms. The number of carbonyl (C=O) groups excluding carboxylic acids is 2. The van der Waals surface area contributed by atoms with Crippen LogP contribution in [-0.4, -0.2) is 57.4 Å². The first kappa shape index (κ1) is 27.8. The van der Waals surface area contributed by atoms with Crippen LogP contribution in [0.1, 0.15) is 44.2 Å². The molecular weight excluding hydrogens is 445 g/mol. The van der Waals surface area contributed by atoms with Gasteiger partial charge in [-0.05, 0) is 44.4 Å². The first-order valence-corrected chi connectivity index (χ1v) is 10.1. The maximum atomic E-state index is 12.7. The van der Waals surface area contributed by atoms with Crippen LogP contribution < -0.4 is 16.9 Å².